The molecule has 0 amide bonds. The topological polar surface area (TPSA) is 240 Å². The van der Waals surface area contributed by atoms with Crippen LogP contribution < -0.4 is 14.7 Å². The summed E-state index contributed by atoms with van der Waals surface area (Å²) < 4.78 is 90.7. The first-order valence-electron chi connectivity index (χ1n) is 18.2. The first kappa shape index (κ1) is 55.3. The van der Waals surface area contributed by atoms with Crippen molar-refractivity contribution in [3.05, 3.63) is 104 Å². The lowest BCUT2D eigenvalue weighted by Crippen LogP contribution is -2.31. The van der Waals surface area contributed by atoms with E-state index in [1.165, 1.54) is 48.7 Å². The molecule has 0 saturated heterocycles. The van der Waals surface area contributed by atoms with Crippen LogP contribution in [0.4, 0.5) is 8.78 Å². The van der Waals surface area contributed by atoms with Crippen molar-refractivity contribution in [2.45, 2.75) is 77.8 Å². The molecule has 2 saturated carbocycles. The van der Waals surface area contributed by atoms with Crippen molar-refractivity contribution in [1.29, 1.82) is 0 Å². The van der Waals surface area contributed by atoms with Crippen LogP contribution >= 0.6 is 83.9 Å². The van der Waals surface area contributed by atoms with Crippen LogP contribution in [-0.4, -0.2) is 59.6 Å². The number of hydrogen-bond donors (Lipinski definition) is 2. The van der Waals surface area contributed by atoms with E-state index < -0.39 is 33.8 Å². The second kappa shape index (κ2) is 25.8. The minimum absolute atomic E-state index is 0. The lowest BCUT2D eigenvalue weighted by molar-refractivity contribution is -0.635. The molecule has 0 bridgehead atoms. The molecule has 63 heavy (non-hydrogen) atoms. The second-order valence-electron chi connectivity index (χ2n) is 13.9. The molecule has 2 aromatic heterocycles. The Morgan fingerprint density at radius 1 is 0.746 bits per heavy atom. The summed E-state index contributed by atoms with van der Waals surface area (Å²) in [6.07, 6.45) is 3.60. The van der Waals surface area contributed by atoms with Gasteiger partial charge in [0.25, 0.3) is 0 Å². The molecule has 8 rings (SSSR count). The van der Waals surface area contributed by atoms with Gasteiger partial charge < -0.3 is 23.6 Å². The lowest BCUT2D eigenvalue weighted by Gasteiger charge is -2.27. The van der Waals surface area contributed by atoms with Crippen LogP contribution in [0.1, 0.15) is 83.6 Å². The molecule has 0 radical (unpaired) electrons. The van der Waals surface area contributed by atoms with E-state index in [-0.39, 0.29) is 71.0 Å². The summed E-state index contributed by atoms with van der Waals surface area (Å²) in [5.74, 6) is -1.02. The third kappa shape index (κ3) is 17.3. The van der Waals surface area contributed by atoms with Crippen LogP contribution in [0, 0.1) is 23.5 Å². The maximum atomic E-state index is 14.4. The van der Waals surface area contributed by atoms with Crippen molar-refractivity contribution in [1.82, 2.24) is 9.80 Å². The van der Waals surface area contributed by atoms with E-state index in [4.69, 9.17) is 41.0 Å². The Morgan fingerprint density at radius 2 is 1.06 bits per heavy atom. The molecule has 4 heterocycles. The molecule has 2 aliphatic heterocycles. The van der Waals surface area contributed by atoms with Gasteiger partial charge in [0.2, 0.25) is 0 Å². The number of thiophene rings is 2. The normalized spacial score (nSPS) is 16.5. The Kier molecular flexibility index (Phi) is 22.6. The zero-order valence-corrected chi connectivity index (χ0v) is 42.9. The molecule has 2 N–H and O–H groups in total. The van der Waals surface area contributed by atoms with Crippen LogP contribution in [-0.2, 0) is 71.5 Å². The third-order valence-electron chi connectivity index (χ3n) is 9.36. The maximum absolute atomic E-state index is 14.4. The number of rotatable bonds is 11. The van der Waals surface area contributed by atoms with E-state index in [1.807, 2.05) is 21.9 Å². The van der Waals surface area contributed by atoms with Crippen molar-refractivity contribution < 1.29 is 73.3 Å². The van der Waals surface area contributed by atoms with Crippen LogP contribution in [0.25, 0.3) is 0 Å². The van der Waals surface area contributed by atoms with Gasteiger partial charge >= 0.3 is 22.3 Å². The van der Waals surface area contributed by atoms with Gasteiger partial charge in [0, 0.05) is 110 Å². The fraction of sp³-hybridized carbons (Fsp3) is 0.368. The molecule has 3 atom stereocenters. The molecule has 2 aromatic carbocycles. The molecule has 346 valence electrons. The lowest BCUT2D eigenvalue weighted by atomic mass is 9.97. The number of nitrogens with zero attached hydrogens (tertiary/aromatic N) is 2. The molecule has 16 nitrogen and oxygen atoms in total. The summed E-state index contributed by atoms with van der Waals surface area (Å²) in [4.78, 5) is 54.1. The number of Topliss-reactive ketones (excluding diaryl/α,β-unsaturated/α-hetero) is 2. The van der Waals surface area contributed by atoms with E-state index in [2.05, 4.69) is 41.6 Å². The van der Waals surface area contributed by atoms with Gasteiger partial charge in [0.1, 0.15) is 11.6 Å². The number of halogens is 5. The summed E-state index contributed by atoms with van der Waals surface area (Å²) in [5, 5.41) is 9.67. The molecule has 2 aliphatic carbocycles. The van der Waals surface area contributed by atoms with Gasteiger partial charge in [-0.2, -0.15) is 8.42 Å². The number of carbonyl (C=O) groups is 4. The average Bonchev–Trinajstić information content (AvgIpc) is 4.09. The van der Waals surface area contributed by atoms with Gasteiger partial charge in [-0.3, -0.25) is 38.1 Å². The van der Waals surface area contributed by atoms with Crippen molar-refractivity contribution in [3.8, 4) is 10.1 Å². The molecule has 0 spiro atoms. The summed E-state index contributed by atoms with van der Waals surface area (Å²) in [6.45, 7) is 5.01. The predicted octanol–water partition coefficient (Wildman–Crippen LogP) is 7.51. The smallest absolute Gasteiger partial charge is 0.394 e. The van der Waals surface area contributed by atoms with Crippen LogP contribution in [0.3, 0.4) is 0 Å². The van der Waals surface area contributed by atoms with Crippen LogP contribution in [0.15, 0.2) is 60.7 Å². The van der Waals surface area contributed by atoms with Crippen molar-refractivity contribution in [3.63, 3.8) is 0 Å². The van der Waals surface area contributed by atoms with Crippen molar-refractivity contribution in [2.75, 3.05) is 0 Å². The van der Waals surface area contributed by atoms with Gasteiger partial charge in [-0.05, 0) is 61.1 Å². The molecule has 3 unspecified atom stereocenters. The average molecular weight is 1290 g/mol. The Morgan fingerprint density at radius 3 is 1.32 bits per heavy atom. The standard InChI is InChI=1S/2C19H18FNO3S.I2.HI.2H2O4S/c2*1-11(22)24-17-8-13-9-21(10-16(13)25-17)18(19(23)12-6-7-12)14-4-2-3-5-15(14)20;1-2;;1-5(2,3)4;1-4-5(2)3/h2*2-5,8,12,18H,6-7,9-10H2,1H3;;1H;(H2,1,2,3,4);1H,(H,2,3)/p-2. The van der Waals surface area contributed by atoms with Gasteiger partial charge in [-0.1, -0.05) is 36.4 Å². The van der Waals surface area contributed by atoms with E-state index in [0.717, 1.165) is 46.6 Å². The number of hydrogen-bond acceptors (Lipinski definition) is 16. The quantitative estimate of drug-likeness (QED) is 0.0369. The molecular weight excluding hydrogens is 1260 g/mol. The fourth-order valence-electron chi connectivity index (χ4n) is 6.72. The minimum Gasteiger partial charge on any atom is -0.750 e. The predicted molar refractivity (Wildman–Crippen MR) is 251 cm³/mol. The highest BCUT2D eigenvalue weighted by Gasteiger charge is 2.43. The number of carbonyl (C=O) groups excluding carboxylic acids is 4. The number of benzene rings is 2. The van der Waals surface area contributed by atoms with Crippen molar-refractivity contribution in [2.24, 2.45) is 11.8 Å². The van der Waals surface area contributed by atoms with Crippen LogP contribution in [0.2, 0.25) is 0 Å². The zero-order valence-electron chi connectivity index (χ0n) is 33.0. The van der Waals surface area contributed by atoms with Crippen molar-refractivity contribution >= 4 is 129 Å². The van der Waals surface area contributed by atoms with E-state index >= 15 is 0 Å². The second-order valence-corrected chi connectivity index (χ2v) is 17.6. The molecule has 2 fully saturated rings. The molecule has 25 heteroatoms. The fourth-order valence-corrected chi connectivity index (χ4v) is 8.89. The third-order valence-corrected chi connectivity index (χ3v) is 11.6. The molecular formula is C38H39F2I3N2O14S4-2. The number of ketones is 2. The van der Waals surface area contributed by atoms with E-state index in [9.17, 15) is 28.0 Å². The Labute approximate surface area is 412 Å². The first-order valence-corrected chi connectivity index (χ1v) is 28.5. The summed E-state index contributed by atoms with van der Waals surface area (Å²) in [6, 6.07) is 15.7. The summed E-state index contributed by atoms with van der Waals surface area (Å²) in [7, 11) is -4.67. The largest absolute Gasteiger partial charge is 0.750 e. The number of ether oxygens (including phenoxy) is 2. The zero-order chi connectivity index (χ0) is 45.9. The highest BCUT2D eigenvalue weighted by Crippen LogP contribution is 2.45. The number of fused-ring (bicyclic) bond motifs is 2. The summed E-state index contributed by atoms with van der Waals surface area (Å²) in [5.41, 5.74) is 3.00. The number of esters is 2. The first-order chi connectivity index (χ1) is 29.3. The van der Waals surface area contributed by atoms with Crippen LogP contribution in [0.5, 0.6) is 10.1 Å². The highest BCUT2D eigenvalue weighted by atomic mass is 128. The van der Waals surface area contributed by atoms with E-state index in [1.54, 1.807) is 36.4 Å². The summed E-state index contributed by atoms with van der Waals surface area (Å²) >= 11 is 4.20. The highest BCUT2D eigenvalue weighted by molar-refractivity contribution is 15.0. The van der Waals surface area contributed by atoms with Gasteiger partial charge in [0.05, 0.1) is 23.4 Å². The van der Waals surface area contributed by atoms with Gasteiger partial charge in [-0.25, -0.2) is 13.0 Å². The van der Waals surface area contributed by atoms with Gasteiger partial charge in [-0.15, -0.1) is 46.7 Å². The Hall–Kier alpha value is -2.01. The van der Waals surface area contributed by atoms with E-state index in [0.29, 0.717) is 47.4 Å². The maximum Gasteiger partial charge on any atom is 0.394 e. The minimum atomic E-state index is -4.67. The Balaban J connectivity index is 0.000000265. The SMILES string of the molecule is CC(=O)Oc1cc2c(s1)CN(C(C(=O)C1CC1)c1ccccc1F)C2.CC(=O)Oc1cc2c(s1)CN(C(C(=O)C1CC1)c1ccccc1F)C2.I.II.O=S(=O)(O)O.O=S([O-])O[O-]. The molecule has 4 aromatic rings. The Bertz CT molecular complexity index is 2170. The van der Waals surface area contributed by atoms with Gasteiger partial charge in [0.15, 0.2) is 21.7 Å². The molecule has 4 aliphatic rings. The monoisotopic (exact) mass is 1290 g/mol.